The van der Waals surface area contributed by atoms with Crippen LogP contribution in [-0.4, -0.2) is 40.5 Å². The van der Waals surface area contributed by atoms with Crippen LogP contribution in [0.5, 0.6) is 0 Å². The van der Waals surface area contributed by atoms with E-state index < -0.39 is 6.10 Å². The molecule has 1 amide bonds. The second kappa shape index (κ2) is 8.19. The number of hydrogen-bond donors (Lipinski definition) is 2. The lowest BCUT2D eigenvalue weighted by Crippen LogP contribution is -2.39. The normalized spacial score (nSPS) is 13.6. The van der Waals surface area contributed by atoms with Crippen molar-refractivity contribution in [1.29, 1.82) is 0 Å². The number of benzene rings is 1. The minimum absolute atomic E-state index is 0.169. The summed E-state index contributed by atoms with van der Waals surface area (Å²) in [6, 6.07) is 12.8. The number of aromatic nitrogens is 1. The first-order valence-corrected chi connectivity index (χ1v) is 8.11. The Morgan fingerprint density at radius 2 is 2.00 bits per heavy atom. The Bertz CT molecular complexity index is 634. The van der Waals surface area contributed by atoms with Gasteiger partial charge in [-0.1, -0.05) is 30.3 Å². The van der Waals surface area contributed by atoms with Gasteiger partial charge in [-0.25, -0.2) is 4.98 Å². The lowest BCUT2D eigenvalue weighted by Gasteiger charge is -2.28. The molecule has 0 spiro atoms. The van der Waals surface area contributed by atoms with Crippen LogP contribution in [0.4, 0.5) is 5.82 Å². The zero-order chi connectivity index (χ0) is 16.8. The Balaban J connectivity index is 1.91. The number of hydrogen-bond acceptors (Lipinski definition) is 4. The maximum atomic E-state index is 12.1. The first-order valence-electron chi connectivity index (χ1n) is 7.32. The van der Waals surface area contributed by atoms with Crippen LogP contribution in [0.2, 0.25) is 0 Å². The number of carbonyl (C=O) groups is 1. The SMILES string of the molecule is C[C@@H]([C@H](O)c1ccccc1)N(C)CC(=O)Nc1ccc(Br)cn1. The second-order valence-electron chi connectivity index (χ2n) is 5.42. The molecular formula is C17H20BrN3O2. The number of pyridine rings is 1. The maximum absolute atomic E-state index is 12.1. The van der Waals surface area contributed by atoms with Crippen LogP contribution in [-0.2, 0) is 4.79 Å². The molecule has 0 bridgehead atoms. The van der Waals surface area contributed by atoms with E-state index in [4.69, 9.17) is 0 Å². The highest BCUT2D eigenvalue weighted by molar-refractivity contribution is 9.10. The molecular weight excluding hydrogens is 358 g/mol. The summed E-state index contributed by atoms with van der Waals surface area (Å²) in [4.78, 5) is 18.0. The van der Waals surface area contributed by atoms with Crippen molar-refractivity contribution in [3.8, 4) is 0 Å². The molecule has 1 aromatic carbocycles. The Morgan fingerprint density at radius 1 is 1.30 bits per heavy atom. The summed E-state index contributed by atoms with van der Waals surface area (Å²) in [7, 11) is 1.81. The largest absolute Gasteiger partial charge is 0.387 e. The van der Waals surface area contributed by atoms with Crippen LogP contribution in [0.25, 0.3) is 0 Å². The van der Waals surface area contributed by atoms with Crippen molar-refractivity contribution in [2.24, 2.45) is 0 Å². The average molecular weight is 378 g/mol. The Kier molecular flexibility index (Phi) is 6.27. The number of aliphatic hydroxyl groups is 1. The standard InChI is InChI=1S/C17H20BrN3O2/c1-12(17(23)13-6-4-3-5-7-13)21(2)11-16(22)20-15-9-8-14(18)10-19-15/h3-10,12,17,23H,11H2,1-2H3,(H,19,20,22)/t12-,17-/m0/s1. The van der Waals surface area contributed by atoms with E-state index in [9.17, 15) is 9.90 Å². The molecule has 2 rings (SSSR count). The third-order valence-electron chi connectivity index (χ3n) is 3.68. The predicted octanol–water partition coefficient (Wildman–Crippen LogP) is 2.84. The van der Waals surface area contributed by atoms with Gasteiger partial charge in [0.25, 0.3) is 0 Å². The smallest absolute Gasteiger partial charge is 0.239 e. The predicted molar refractivity (Wildman–Crippen MR) is 94.1 cm³/mol. The number of aliphatic hydroxyl groups excluding tert-OH is 1. The molecule has 0 aliphatic rings. The molecule has 0 saturated heterocycles. The topological polar surface area (TPSA) is 65.5 Å². The molecule has 122 valence electrons. The third-order valence-corrected chi connectivity index (χ3v) is 4.15. The van der Waals surface area contributed by atoms with Gasteiger partial charge in [-0.3, -0.25) is 9.69 Å². The molecule has 0 radical (unpaired) electrons. The maximum Gasteiger partial charge on any atom is 0.239 e. The van der Waals surface area contributed by atoms with Crippen LogP contribution >= 0.6 is 15.9 Å². The molecule has 5 nitrogen and oxygen atoms in total. The van der Waals surface area contributed by atoms with Crippen LogP contribution in [0, 0.1) is 0 Å². The number of amides is 1. The number of nitrogens with zero attached hydrogens (tertiary/aromatic N) is 2. The lowest BCUT2D eigenvalue weighted by molar-refractivity contribution is -0.118. The molecule has 6 heteroatoms. The number of nitrogens with one attached hydrogen (secondary N) is 1. The molecule has 2 N–H and O–H groups in total. The Hall–Kier alpha value is -1.76. The van der Waals surface area contributed by atoms with Crippen molar-refractivity contribution in [2.75, 3.05) is 18.9 Å². The van der Waals surface area contributed by atoms with Gasteiger partial charge in [-0.15, -0.1) is 0 Å². The molecule has 0 unspecified atom stereocenters. The zero-order valence-electron chi connectivity index (χ0n) is 13.1. The quantitative estimate of drug-likeness (QED) is 0.812. The van der Waals surface area contributed by atoms with Gasteiger partial charge in [0.15, 0.2) is 0 Å². The number of rotatable bonds is 6. The van der Waals surface area contributed by atoms with Crippen molar-refractivity contribution >= 4 is 27.7 Å². The molecule has 1 heterocycles. The van der Waals surface area contributed by atoms with Gasteiger partial charge >= 0.3 is 0 Å². The van der Waals surface area contributed by atoms with Gasteiger partial charge < -0.3 is 10.4 Å². The van der Waals surface area contributed by atoms with Gasteiger partial charge in [0.1, 0.15) is 5.82 Å². The molecule has 1 aromatic heterocycles. The number of halogens is 1. The van der Waals surface area contributed by atoms with E-state index >= 15 is 0 Å². The van der Waals surface area contributed by atoms with Crippen molar-refractivity contribution in [3.63, 3.8) is 0 Å². The van der Waals surface area contributed by atoms with E-state index in [0.29, 0.717) is 5.82 Å². The van der Waals surface area contributed by atoms with Crippen LogP contribution < -0.4 is 5.32 Å². The number of anilines is 1. The molecule has 23 heavy (non-hydrogen) atoms. The summed E-state index contributed by atoms with van der Waals surface area (Å²) >= 11 is 3.30. The van der Waals surface area contributed by atoms with Crippen LogP contribution in [0.15, 0.2) is 53.1 Å². The average Bonchev–Trinajstić information content (AvgIpc) is 2.56. The van der Waals surface area contributed by atoms with E-state index in [1.807, 2.05) is 55.3 Å². The molecule has 0 fully saturated rings. The fourth-order valence-electron chi connectivity index (χ4n) is 2.17. The monoisotopic (exact) mass is 377 g/mol. The third kappa shape index (κ3) is 5.13. The highest BCUT2D eigenvalue weighted by Gasteiger charge is 2.22. The highest BCUT2D eigenvalue weighted by Crippen LogP contribution is 2.19. The van der Waals surface area contributed by atoms with Crippen molar-refractivity contribution in [1.82, 2.24) is 9.88 Å². The lowest BCUT2D eigenvalue weighted by atomic mass is 10.0. The summed E-state index contributed by atoms with van der Waals surface area (Å²) in [5.74, 6) is 0.331. The Morgan fingerprint density at radius 3 is 2.61 bits per heavy atom. The molecule has 2 atom stereocenters. The summed E-state index contributed by atoms with van der Waals surface area (Å²) in [5, 5.41) is 13.1. The van der Waals surface area contributed by atoms with E-state index in [1.165, 1.54) is 0 Å². The van der Waals surface area contributed by atoms with Crippen LogP contribution in [0.3, 0.4) is 0 Å². The first-order chi connectivity index (χ1) is 11.0. The first kappa shape index (κ1) is 17.6. The highest BCUT2D eigenvalue weighted by atomic mass is 79.9. The van der Waals surface area contributed by atoms with E-state index in [1.54, 1.807) is 12.3 Å². The number of carbonyl (C=O) groups excluding carboxylic acids is 1. The van der Waals surface area contributed by atoms with Crippen LogP contribution in [0.1, 0.15) is 18.6 Å². The zero-order valence-corrected chi connectivity index (χ0v) is 14.7. The molecule has 2 aromatic rings. The van der Waals surface area contributed by atoms with Gasteiger partial charge in [0.05, 0.1) is 12.6 Å². The molecule has 0 aliphatic carbocycles. The van der Waals surface area contributed by atoms with Gasteiger partial charge in [0, 0.05) is 16.7 Å². The minimum atomic E-state index is -0.653. The fourth-order valence-corrected chi connectivity index (χ4v) is 2.41. The summed E-state index contributed by atoms with van der Waals surface area (Å²) in [6.07, 6.45) is 0.973. The molecule has 0 aliphatic heterocycles. The summed E-state index contributed by atoms with van der Waals surface area (Å²) < 4.78 is 0.854. The fraction of sp³-hybridized carbons (Fsp3) is 0.294. The van der Waals surface area contributed by atoms with Crippen molar-refractivity contribution in [3.05, 3.63) is 58.7 Å². The minimum Gasteiger partial charge on any atom is -0.387 e. The van der Waals surface area contributed by atoms with E-state index in [0.717, 1.165) is 10.0 Å². The molecule has 0 saturated carbocycles. The van der Waals surface area contributed by atoms with E-state index in [-0.39, 0.29) is 18.5 Å². The van der Waals surface area contributed by atoms with Gasteiger partial charge in [-0.05, 0) is 47.6 Å². The van der Waals surface area contributed by atoms with Gasteiger partial charge in [0.2, 0.25) is 5.91 Å². The van der Waals surface area contributed by atoms with Crippen molar-refractivity contribution in [2.45, 2.75) is 19.1 Å². The number of likely N-dealkylation sites (N-methyl/N-ethyl adjacent to an activating group) is 1. The van der Waals surface area contributed by atoms with E-state index in [2.05, 4.69) is 26.2 Å². The van der Waals surface area contributed by atoms with Gasteiger partial charge in [-0.2, -0.15) is 0 Å². The van der Waals surface area contributed by atoms with Crippen molar-refractivity contribution < 1.29 is 9.90 Å². The summed E-state index contributed by atoms with van der Waals surface area (Å²) in [5.41, 5.74) is 0.835. The second-order valence-corrected chi connectivity index (χ2v) is 6.34. The Labute approximate surface area is 144 Å². The summed E-state index contributed by atoms with van der Waals surface area (Å²) in [6.45, 7) is 2.06.